The van der Waals surface area contributed by atoms with Crippen LogP contribution in [0.2, 0.25) is 0 Å². The first-order valence-electron chi connectivity index (χ1n) is 6.32. The third-order valence-electron chi connectivity index (χ3n) is 2.79. The Labute approximate surface area is 129 Å². The normalized spacial score (nSPS) is 12.2. The minimum Gasteiger partial charge on any atom is -0.205 e. The molecule has 1 N–H and O–H groups in total. The maximum atomic E-state index is 11.9. The van der Waals surface area contributed by atoms with Gasteiger partial charge in [-0.1, -0.05) is 52.9 Å². The van der Waals surface area contributed by atoms with Gasteiger partial charge in [-0.2, -0.15) is 12.7 Å². The van der Waals surface area contributed by atoms with Crippen molar-refractivity contribution in [3.8, 4) is 0 Å². The van der Waals surface area contributed by atoms with E-state index in [2.05, 4.69) is 4.28 Å². The molecule has 0 fully saturated rings. The largest absolute Gasteiger partial charge is 0.288 e. The molecule has 0 heterocycles. The number of benzene rings is 2. The second-order valence-electron chi connectivity index (χ2n) is 4.67. The fourth-order valence-corrected chi connectivity index (χ4v) is 3.69. The molecule has 2 aromatic carbocycles. The van der Waals surface area contributed by atoms with Crippen LogP contribution in [0.25, 0.3) is 0 Å². The minimum atomic E-state index is -4.07. The van der Waals surface area contributed by atoms with Gasteiger partial charge in [-0.15, -0.1) is 0 Å². The molecule has 8 heteroatoms. The Morgan fingerprint density at radius 2 is 1.50 bits per heavy atom. The fraction of sp³-hybridized carbons (Fsp3) is 0.143. The van der Waals surface area contributed by atoms with Crippen LogP contribution in [0.15, 0.2) is 59.5 Å². The molecule has 118 valence electrons. The minimum absolute atomic E-state index is 0.0759. The van der Waals surface area contributed by atoms with E-state index in [-0.39, 0.29) is 4.90 Å². The van der Waals surface area contributed by atoms with Crippen molar-refractivity contribution in [1.82, 2.24) is 4.89 Å². The van der Waals surface area contributed by atoms with Crippen LogP contribution >= 0.6 is 0 Å². The molecule has 0 spiro atoms. The summed E-state index contributed by atoms with van der Waals surface area (Å²) in [5.41, 5.74) is 1.38. The van der Waals surface area contributed by atoms with E-state index in [1.807, 2.05) is 6.92 Å². The summed E-state index contributed by atoms with van der Waals surface area (Å²) in [6, 6.07) is 14.3. The fourth-order valence-electron chi connectivity index (χ4n) is 1.67. The predicted octanol–water partition coefficient (Wildman–Crippen LogP) is 1.73. The van der Waals surface area contributed by atoms with Crippen LogP contribution in [0.3, 0.4) is 0 Å². The highest BCUT2D eigenvalue weighted by atomic mass is 32.2. The Balaban J connectivity index is 2.06. The molecule has 22 heavy (non-hydrogen) atoms. The van der Waals surface area contributed by atoms with Gasteiger partial charge in [0.1, 0.15) is 5.75 Å². The van der Waals surface area contributed by atoms with E-state index in [0.29, 0.717) is 5.56 Å². The first-order chi connectivity index (χ1) is 10.3. The topological polar surface area (TPSA) is 89.5 Å². The standard InChI is InChI=1S/C14H15NO5S2/c1-12-7-9-14(10-8-12)22(18,19)15-20-21(16,17)11-13-5-3-2-4-6-13/h2-10,15H,11H2,1H3. The van der Waals surface area contributed by atoms with Crippen molar-refractivity contribution in [1.29, 1.82) is 0 Å². The number of sulfonamides is 1. The van der Waals surface area contributed by atoms with Crippen LogP contribution in [-0.2, 0) is 30.2 Å². The predicted molar refractivity (Wildman–Crippen MR) is 81.7 cm³/mol. The Morgan fingerprint density at radius 3 is 2.09 bits per heavy atom. The molecule has 0 aliphatic heterocycles. The molecular weight excluding hydrogens is 326 g/mol. The lowest BCUT2D eigenvalue weighted by molar-refractivity contribution is 0.273. The van der Waals surface area contributed by atoms with Gasteiger partial charge in [0.05, 0.1) is 4.90 Å². The average molecular weight is 341 g/mol. The van der Waals surface area contributed by atoms with E-state index in [1.54, 1.807) is 47.3 Å². The van der Waals surface area contributed by atoms with E-state index in [1.165, 1.54) is 12.1 Å². The van der Waals surface area contributed by atoms with E-state index in [0.717, 1.165) is 5.56 Å². The van der Waals surface area contributed by atoms with Gasteiger partial charge in [0, 0.05) is 0 Å². The summed E-state index contributed by atoms with van der Waals surface area (Å²) in [5.74, 6) is -0.426. The molecule has 0 saturated carbocycles. The third-order valence-corrected chi connectivity index (χ3v) is 5.11. The molecule has 2 aromatic rings. The number of nitrogens with one attached hydrogen (secondary N) is 1. The lowest BCUT2D eigenvalue weighted by atomic mass is 10.2. The van der Waals surface area contributed by atoms with Crippen LogP contribution in [0, 0.1) is 6.92 Å². The van der Waals surface area contributed by atoms with Gasteiger partial charge in [0.25, 0.3) is 20.1 Å². The van der Waals surface area contributed by atoms with Crippen molar-refractivity contribution in [3.05, 3.63) is 65.7 Å². The van der Waals surface area contributed by atoms with Crippen LogP contribution < -0.4 is 4.89 Å². The zero-order chi connectivity index (χ0) is 16.2. The molecule has 0 unspecified atom stereocenters. The van der Waals surface area contributed by atoms with Crippen LogP contribution in [-0.4, -0.2) is 16.8 Å². The number of aryl methyl sites for hydroxylation is 1. The Hall–Kier alpha value is -1.74. The second kappa shape index (κ2) is 6.57. The van der Waals surface area contributed by atoms with E-state index < -0.39 is 25.9 Å². The highest BCUT2D eigenvalue weighted by Crippen LogP contribution is 2.11. The summed E-state index contributed by atoms with van der Waals surface area (Å²) in [6.45, 7) is 1.81. The molecule has 0 atom stereocenters. The summed E-state index contributed by atoms with van der Waals surface area (Å²) in [4.78, 5) is 1.56. The zero-order valence-corrected chi connectivity index (χ0v) is 13.4. The van der Waals surface area contributed by atoms with Crippen molar-refractivity contribution >= 4 is 20.1 Å². The van der Waals surface area contributed by atoms with Gasteiger partial charge in [0.2, 0.25) is 0 Å². The summed E-state index contributed by atoms with van der Waals surface area (Å²) < 4.78 is 51.9. The average Bonchev–Trinajstić information content (AvgIpc) is 2.47. The van der Waals surface area contributed by atoms with Crippen molar-refractivity contribution in [3.63, 3.8) is 0 Å². The van der Waals surface area contributed by atoms with Gasteiger partial charge in [-0.05, 0) is 24.6 Å². The van der Waals surface area contributed by atoms with Crippen molar-refractivity contribution < 1.29 is 21.1 Å². The third kappa shape index (κ3) is 4.63. The van der Waals surface area contributed by atoms with Gasteiger partial charge >= 0.3 is 0 Å². The van der Waals surface area contributed by atoms with Crippen LogP contribution in [0.5, 0.6) is 0 Å². The summed E-state index contributed by atoms with van der Waals surface area (Å²) in [7, 11) is -8.13. The molecule has 0 amide bonds. The quantitative estimate of drug-likeness (QED) is 0.808. The molecule has 2 rings (SSSR count). The lowest BCUT2D eigenvalue weighted by Gasteiger charge is -2.08. The van der Waals surface area contributed by atoms with Gasteiger partial charge in [-0.3, -0.25) is 0 Å². The molecule has 0 aliphatic rings. The Morgan fingerprint density at radius 1 is 0.909 bits per heavy atom. The van der Waals surface area contributed by atoms with Gasteiger partial charge < -0.3 is 0 Å². The number of hydrogen-bond donors (Lipinski definition) is 1. The van der Waals surface area contributed by atoms with Crippen LogP contribution in [0.1, 0.15) is 11.1 Å². The number of hydrogen-bond acceptors (Lipinski definition) is 5. The summed E-state index contributed by atoms with van der Waals surface area (Å²) >= 11 is 0. The van der Waals surface area contributed by atoms with E-state index >= 15 is 0 Å². The van der Waals surface area contributed by atoms with Gasteiger partial charge in [0.15, 0.2) is 0 Å². The Kier molecular flexibility index (Phi) is 4.97. The highest BCUT2D eigenvalue weighted by Gasteiger charge is 2.20. The summed E-state index contributed by atoms with van der Waals surface area (Å²) in [5, 5.41) is 0. The molecular formula is C14H15NO5S2. The first-order valence-corrected chi connectivity index (χ1v) is 9.38. The van der Waals surface area contributed by atoms with E-state index in [4.69, 9.17) is 0 Å². The van der Waals surface area contributed by atoms with Crippen LogP contribution in [0.4, 0.5) is 0 Å². The molecule has 0 aromatic heterocycles. The highest BCUT2D eigenvalue weighted by molar-refractivity contribution is 7.90. The molecule has 0 saturated heterocycles. The monoisotopic (exact) mass is 341 g/mol. The van der Waals surface area contributed by atoms with Crippen molar-refractivity contribution in [2.45, 2.75) is 17.6 Å². The molecule has 0 bridgehead atoms. The lowest BCUT2D eigenvalue weighted by Crippen LogP contribution is -2.28. The smallest absolute Gasteiger partial charge is 0.205 e. The SMILES string of the molecule is Cc1ccc(S(=O)(=O)NOS(=O)(=O)Cc2ccccc2)cc1. The van der Waals surface area contributed by atoms with Crippen molar-refractivity contribution in [2.24, 2.45) is 0 Å². The van der Waals surface area contributed by atoms with E-state index in [9.17, 15) is 16.8 Å². The Bertz CT molecular complexity index is 829. The zero-order valence-electron chi connectivity index (χ0n) is 11.8. The maximum Gasteiger partial charge on any atom is 0.288 e. The molecule has 0 radical (unpaired) electrons. The first kappa shape index (κ1) is 16.6. The van der Waals surface area contributed by atoms with Gasteiger partial charge in [-0.25, -0.2) is 8.42 Å². The maximum absolute atomic E-state index is 11.9. The number of rotatable bonds is 6. The second-order valence-corrected chi connectivity index (χ2v) is 7.89. The van der Waals surface area contributed by atoms with Crippen molar-refractivity contribution in [2.75, 3.05) is 0 Å². The molecule has 0 aliphatic carbocycles. The molecule has 6 nitrogen and oxygen atoms in total. The summed E-state index contributed by atoms with van der Waals surface area (Å²) in [6.07, 6.45) is 0.